The van der Waals surface area contributed by atoms with Gasteiger partial charge in [-0.3, -0.25) is 0 Å². The van der Waals surface area contributed by atoms with E-state index >= 15 is 0 Å². The molecule has 0 fully saturated rings. The maximum atomic E-state index is 12.3. The van der Waals surface area contributed by atoms with Crippen molar-refractivity contribution in [3.05, 3.63) is 29.8 Å². The zero-order valence-electron chi connectivity index (χ0n) is 12.3. The molecule has 0 bridgehead atoms. The summed E-state index contributed by atoms with van der Waals surface area (Å²) in [5.41, 5.74) is -7.28. The van der Waals surface area contributed by atoms with Crippen LogP contribution in [0, 0.1) is 0 Å². The first-order valence-electron chi connectivity index (χ1n) is 6.38. The number of benzene rings is 1. The van der Waals surface area contributed by atoms with Crippen molar-refractivity contribution in [2.24, 2.45) is 0 Å². The van der Waals surface area contributed by atoms with Gasteiger partial charge in [-0.1, -0.05) is 12.1 Å². The molecule has 0 aliphatic rings. The van der Waals surface area contributed by atoms with E-state index in [-0.39, 0.29) is 18.6 Å². The molecular formula is C13H15F3O6S. The van der Waals surface area contributed by atoms with Crippen molar-refractivity contribution in [3.63, 3.8) is 0 Å². The molecular weight excluding hydrogens is 341 g/mol. The third-order valence-corrected chi connectivity index (χ3v) is 3.63. The maximum Gasteiger partial charge on any atom is 0.534 e. The lowest BCUT2D eigenvalue weighted by Gasteiger charge is -2.21. The zero-order chi connectivity index (χ0) is 17.9. The molecule has 0 aliphatic heterocycles. The number of aliphatic hydroxyl groups is 1. The lowest BCUT2D eigenvalue weighted by molar-refractivity contribution is -0.163. The van der Waals surface area contributed by atoms with Gasteiger partial charge in [0.25, 0.3) is 0 Å². The second-order valence-electron chi connectivity index (χ2n) is 4.80. The number of hydrogen-bond donors (Lipinski definition) is 1. The zero-order valence-corrected chi connectivity index (χ0v) is 13.1. The Hall–Kier alpha value is -1.81. The monoisotopic (exact) mass is 356 g/mol. The van der Waals surface area contributed by atoms with Crippen molar-refractivity contribution in [1.82, 2.24) is 0 Å². The van der Waals surface area contributed by atoms with Crippen LogP contribution in [-0.2, 0) is 26.1 Å². The van der Waals surface area contributed by atoms with Crippen LogP contribution in [0.1, 0.15) is 19.4 Å². The van der Waals surface area contributed by atoms with Crippen molar-refractivity contribution < 1.29 is 40.4 Å². The number of ether oxygens (including phenoxy) is 1. The highest BCUT2D eigenvalue weighted by molar-refractivity contribution is 7.88. The highest BCUT2D eigenvalue weighted by Gasteiger charge is 2.48. The smallest absolute Gasteiger partial charge is 0.464 e. The maximum absolute atomic E-state index is 12.3. The van der Waals surface area contributed by atoms with Gasteiger partial charge >= 0.3 is 21.6 Å². The first-order valence-corrected chi connectivity index (χ1v) is 7.79. The Kier molecular flexibility index (Phi) is 5.65. The second-order valence-corrected chi connectivity index (χ2v) is 6.34. The predicted octanol–water partition coefficient (Wildman–Crippen LogP) is 1.77. The molecule has 0 saturated carbocycles. The Morgan fingerprint density at radius 1 is 1.30 bits per heavy atom. The molecule has 0 amide bonds. The standard InChI is InChI=1S/C13H15F3O6S/c1-3-21-11(17)12(2,18)8-9-5-4-6-10(7-9)22-23(19,20)13(14,15)16/h4-7,18H,3,8H2,1-2H3/t12-/m0/s1. The van der Waals surface area contributed by atoms with Gasteiger partial charge in [0.2, 0.25) is 0 Å². The molecule has 130 valence electrons. The molecule has 0 radical (unpaired) electrons. The van der Waals surface area contributed by atoms with E-state index in [9.17, 15) is 31.5 Å². The van der Waals surface area contributed by atoms with E-state index < -0.39 is 32.9 Å². The van der Waals surface area contributed by atoms with Crippen LogP contribution < -0.4 is 4.18 Å². The van der Waals surface area contributed by atoms with Gasteiger partial charge in [0.15, 0.2) is 5.60 Å². The molecule has 0 aliphatic carbocycles. The number of rotatable bonds is 6. The second kappa shape index (κ2) is 6.75. The molecule has 6 nitrogen and oxygen atoms in total. The van der Waals surface area contributed by atoms with E-state index in [1.165, 1.54) is 19.1 Å². The normalized spacial score (nSPS) is 14.9. The van der Waals surface area contributed by atoms with Crippen LogP contribution in [0.5, 0.6) is 5.75 Å². The van der Waals surface area contributed by atoms with Gasteiger partial charge in [-0.15, -0.1) is 0 Å². The number of esters is 1. The fraction of sp³-hybridized carbons (Fsp3) is 0.462. The summed E-state index contributed by atoms with van der Waals surface area (Å²) in [5, 5.41) is 10.0. The minimum Gasteiger partial charge on any atom is -0.464 e. The van der Waals surface area contributed by atoms with Crippen molar-refractivity contribution in [2.45, 2.75) is 31.4 Å². The minimum absolute atomic E-state index is 0.0436. The number of halogens is 3. The lowest BCUT2D eigenvalue weighted by Crippen LogP contribution is -2.39. The highest BCUT2D eigenvalue weighted by atomic mass is 32.2. The number of carbonyl (C=O) groups is 1. The van der Waals surface area contributed by atoms with E-state index in [2.05, 4.69) is 8.92 Å². The van der Waals surface area contributed by atoms with Crippen molar-refractivity contribution in [2.75, 3.05) is 6.61 Å². The summed E-state index contributed by atoms with van der Waals surface area (Å²) in [4.78, 5) is 11.6. The first-order chi connectivity index (χ1) is 10.4. The Labute approximate surface area is 130 Å². The summed E-state index contributed by atoms with van der Waals surface area (Å²) in [6, 6.07) is 4.61. The quantitative estimate of drug-likeness (QED) is 0.475. The predicted molar refractivity (Wildman–Crippen MR) is 73.0 cm³/mol. The summed E-state index contributed by atoms with van der Waals surface area (Å²) in [6.07, 6.45) is -0.297. The molecule has 0 spiro atoms. The van der Waals surface area contributed by atoms with Gasteiger partial charge in [-0.05, 0) is 31.5 Å². The average Bonchev–Trinajstić information content (AvgIpc) is 2.36. The van der Waals surface area contributed by atoms with E-state index in [0.717, 1.165) is 12.1 Å². The lowest BCUT2D eigenvalue weighted by atomic mass is 9.96. The third kappa shape index (κ3) is 5.10. The summed E-state index contributed by atoms with van der Waals surface area (Å²) < 4.78 is 67.3. The number of hydrogen-bond acceptors (Lipinski definition) is 6. The summed E-state index contributed by atoms with van der Waals surface area (Å²) in [7, 11) is -5.79. The molecule has 0 unspecified atom stereocenters. The highest BCUT2D eigenvalue weighted by Crippen LogP contribution is 2.28. The molecule has 0 aromatic heterocycles. The molecule has 10 heteroatoms. The van der Waals surface area contributed by atoms with Crippen LogP contribution in [0.3, 0.4) is 0 Å². The van der Waals surface area contributed by atoms with Crippen LogP contribution in [0.15, 0.2) is 24.3 Å². The van der Waals surface area contributed by atoms with Gasteiger partial charge in [0, 0.05) is 6.42 Å². The molecule has 1 rings (SSSR count). The van der Waals surface area contributed by atoms with Crippen LogP contribution in [0.25, 0.3) is 0 Å². The van der Waals surface area contributed by atoms with Crippen LogP contribution in [0.2, 0.25) is 0 Å². The fourth-order valence-corrected chi connectivity index (χ4v) is 2.09. The number of alkyl halides is 3. The van der Waals surface area contributed by atoms with Crippen molar-refractivity contribution in [1.29, 1.82) is 0 Å². The van der Waals surface area contributed by atoms with Gasteiger partial charge in [0.1, 0.15) is 5.75 Å². The molecule has 1 atom stereocenters. The summed E-state index contributed by atoms with van der Waals surface area (Å²) in [6.45, 7) is 2.76. The molecule has 0 saturated heterocycles. The molecule has 1 N–H and O–H groups in total. The van der Waals surface area contributed by atoms with E-state index in [0.29, 0.717) is 0 Å². The average molecular weight is 356 g/mol. The number of carbonyl (C=O) groups excluding carboxylic acids is 1. The Morgan fingerprint density at radius 2 is 1.91 bits per heavy atom. The van der Waals surface area contributed by atoms with Gasteiger partial charge in [0.05, 0.1) is 6.61 Å². The van der Waals surface area contributed by atoms with Gasteiger partial charge in [-0.25, -0.2) is 4.79 Å². The minimum atomic E-state index is -5.79. The van der Waals surface area contributed by atoms with E-state index in [1.807, 2.05) is 0 Å². The third-order valence-electron chi connectivity index (χ3n) is 2.65. The Balaban J connectivity index is 2.96. The van der Waals surface area contributed by atoms with Crippen molar-refractivity contribution in [3.8, 4) is 5.75 Å². The van der Waals surface area contributed by atoms with E-state index in [4.69, 9.17) is 0 Å². The van der Waals surface area contributed by atoms with Crippen LogP contribution in [-0.4, -0.2) is 37.2 Å². The Bertz CT molecular complexity index is 667. The molecule has 1 aromatic carbocycles. The van der Waals surface area contributed by atoms with Crippen molar-refractivity contribution >= 4 is 16.1 Å². The molecule has 0 heterocycles. The summed E-state index contributed by atoms with van der Waals surface area (Å²) in [5.74, 6) is -1.49. The van der Waals surface area contributed by atoms with E-state index in [1.54, 1.807) is 6.92 Å². The molecule has 1 aromatic rings. The SMILES string of the molecule is CCOC(=O)[C@@](C)(O)Cc1cccc(OS(=O)(=O)C(F)(F)F)c1. The van der Waals surface area contributed by atoms with Gasteiger partial charge < -0.3 is 14.0 Å². The van der Waals surface area contributed by atoms with Crippen LogP contribution >= 0.6 is 0 Å². The molecule has 23 heavy (non-hydrogen) atoms. The topological polar surface area (TPSA) is 89.9 Å². The first kappa shape index (κ1) is 19.2. The van der Waals surface area contributed by atoms with Gasteiger partial charge in [-0.2, -0.15) is 21.6 Å². The largest absolute Gasteiger partial charge is 0.534 e. The summed E-state index contributed by atoms with van der Waals surface area (Å²) >= 11 is 0. The van der Waals surface area contributed by atoms with Crippen LogP contribution in [0.4, 0.5) is 13.2 Å². The Morgan fingerprint density at radius 3 is 2.43 bits per heavy atom. The fourth-order valence-electron chi connectivity index (χ4n) is 1.64.